The second kappa shape index (κ2) is 6.84. The molecule has 1 aliphatic carbocycles. The molecule has 1 heterocycles. The number of nitro benzene ring substituents is 1. The van der Waals surface area contributed by atoms with Gasteiger partial charge in [-0.3, -0.25) is 19.9 Å². The van der Waals surface area contributed by atoms with E-state index in [1.165, 1.54) is 12.1 Å². The zero-order valence-corrected chi connectivity index (χ0v) is 13.8. The number of ether oxygens (including phenoxy) is 1. The van der Waals surface area contributed by atoms with Crippen LogP contribution in [-0.2, 0) is 14.9 Å². The number of benzene rings is 1. The van der Waals surface area contributed by atoms with Crippen LogP contribution in [-0.4, -0.2) is 22.5 Å². The van der Waals surface area contributed by atoms with Gasteiger partial charge in [0, 0.05) is 24.2 Å². The summed E-state index contributed by atoms with van der Waals surface area (Å²) in [5.74, 6) is -0.317. The average molecular weight is 338 g/mol. The van der Waals surface area contributed by atoms with E-state index in [-0.39, 0.29) is 17.6 Å². The summed E-state index contributed by atoms with van der Waals surface area (Å²) in [6.45, 7) is 2.09. The maximum atomic E-state index is 12.5. The van der Waals surface area contributed by atoms with Gasteiger partial charge in [-0.1, -0.05) is 30.4 Å². The molecule has 3 rings (SSSR count). The topological polar surface area (TPSA) is 82.3 Å². The number of hydrogen-bond donors (Lipinski definition) is 0. The summed E-state index contributed by atoms with van der Waals surface area (Å²) in [5, 5.41) is 10.9. The van der Waals surface area contributed by atoms with Gasteiger partial charge < -0.3 is 4.74 Å². The maximum absolute atomic E-state index is 12.5. The fourth-order valence-corrected chi connectivity index (χ4v) is 3.01. The molecule has 0 spiro atoms. The highest BCUT2D eigenvalue weighted by molar-refractivity contribution is 5.87. The highest BCUT2D eigenvalue weighted by atomic mass is 16.6. The molecule has 6 nitrogen and oxygen atoms in total. The van der Waals surface area contributed by atoms with E-state index in [1.807, 2.05) is 24.3 Å². The van der Waals surface area contributed by atoms with Crippen LogP contribution in [0.25, 0.3) is 6.08 Å². The third-order valence-corrected chi connectivity index (χ3v) is 4.38. The lowest BCUT2D eigenvalue weighted by molar-refractivity contribution is -0.384. The third-order valence-electron chi connectivity index (χ3n) is 4.38. The molecule has 2 atom stereocenters. The van der Waals surface area contributed by atoms with Gasteiger partial charge in [-0.05, 0) is 31.0 Å². The molecular weight excluding hydrogens is 320 g/mol. The Bertz CT molecular complexity index is 819. The Labute approximate surface area is 145 Å². The lowest BCUT2D eigenvalue weighted by Gasteiger charge is -2.14. The SMILES string of the molecule is CCOC(=O)C1(c2ccccn2)CC1/C=C/c1cccc([N+](=O)[O-])c1. The van der Waals surface area contributed by atoms with Crippen molar-refractivity contribution in [1.82, 2.24) is 4.98 Å². The summed E-state index contributed by atoms with van der Waals surface area (Å²) in [5.41, 5.74) is 0.704. The fraction of sp³-hybridized carbons (Fsp3) is 0.263. The number of rotatable bonds is 6. The Kier molecular flexibility index (Phi) is 4.61. The van der Waals surface area contributed by atoms with Crippen molar-refractivity contribution < 1.29 is 14.5 Å². The zero-order chi connectivity index (χ0) is 17.9. The van der Waals surface area contributed by atoms with Gasteiger partial charge in [0.2, 0.25) is 0 Å². The van der Waals surface area contributed by atoms with Crippen molar-refractivity contribution in [2.75, 3.05) is 6.61 Å². The number of allylic oxidation sites excluding steroid dienone is 1. The minimum atomic E-state index is -0.755. The van der Waals surface area contributed by atoms with Gasteiger partial charge in [0.05, 0.1) is 17.2 Å². The van der Waals surface area contributed by atoms with E-state index in [4.69, 9.17) is 4.74 Å². The van der Waals surface area contributed by atoms with Crippen LogP contribution >= 0.6 is 0 Å². The largest absolute Gasteiger partial charge is 0.465 e. The predicted octanol–water partition coefficient (Wildman–Crippen LogP) is 3.52. The molecule has 2 aromatic rings. The lowest BCUT2D eigenvalue weighted by Crippen LogP contribution is -2.26. The average Bonchev–Trinajstić information content (AvgIpc) is 3.37. The van der Waals surface area contributed by atoms with E-state index >= 15 is 0 Å². The lowest BCUT2D eigenvalue weighted by atomic mass is 9.97. The van der Waals surface area contributed by atoms with Gasteiger partial charge in [0.1, 0.15) is 5.41 Å². The monoisotopic (exact) mass is 338 g/mol. The first kappa shape index (κ1) is 16.8. The first-order chi connectivity index (χ1) is 12.1. The van der Waals surface area contributed by atoms with Crippen LogP contribution in [0.15, 0.2) is 54.7 Å². The molecule has 1 aromatic heterocycles. The summed E-state index contributed by atoms with van der Waals surface area (Å²) >= 11 is 0. The Morgan fingerprint density at radius 1 is 1.40 bits per heavy atom. The highest BCUT2D eigenvalue weighted by Gasteiger charge is 2.62. The number of aromatic nitrogens is 1. The second-order valence-corrected chi connectivity index (χ2v) is 5.93. The third kappa shape index (κ3) is 3.28. The summed E-state index contributed by atoms with van der Waals surface area (Å²) in [6, 6.07) is 11.9. The first-order valence-electron chi connectivity index (χ1n) is 8.09. The first-order valence-corrected chi connectivity index (χ1v) is 8.09. The Morgan fingerprint density at radius 3 is 2.92 bits per heavy atom. The number of nitrogens with zero attached hydrogens (tertiary/aromatic N) is 2. The number of pyridine rings is 1. The van der Waals surface area contributed by atoms with E-state index in [0.29, 0.717) is 18.7 Å². The molecule has 0 bridgehead atoms. The van der Waals surface area contributed by atoms with Gasteiger partial charge in [-0.25, -0.2) is 0 Å². The van der Waals surface area contributed by atoms with Crippen LogP contribution in [0, 0.1) is 16.0 Å². The molecule has 1 fully saturated rings. The van der Waals surface area contributed by atoms with Crippen molar-refractivity contribution in [2.24, 2.45) is 5.92 Å². The van der Waals surface area contributed by atoms with Gasteiger partial charge in [0.15, 0.2) is 0 Å². The van der Waals surface area contributed by atoms with Crippen LogP contribution in [0.4, 0.5) is 5.69 Å². The molecule has 0 radical (unpaired) electrons. The molecule has 1 saturated carbocycles. The molecule has 25 heavy (non-hydrogen) atoms. The van der Waals surface area contributed by atoms with Gasteiger partial charge in [-0.2, -0.15) is 0 Å². The predicted molar refractivity (Wildman–Crippen MR) is 92.8 cm³/mol. The molecule has 0 N–H and O–H groups in total. The molecule has 128 valence electrons. The molecular formula is C19H18N2O4. The highest BCUT2D eigenvalue weighted by Crippen LogP contribution is 2.55. The van der Waals surface area contributed by atoms with E-state index in [9.17, 15) is 14.9 Å². The summed E-state index contributed by atoms with van der Waals surface area (Å²) in [6.07, 6.45) is 6.00. The van der Waals surface area contributed by atoms with Crippen LogP contribution in [0.3, 0.4) is 0 Å². The standard InChI is InChI=1S/C19H18N2O4/c1-2-25-18(22)19(17-8-3-4-11-20-17)13-15(19)10-9-14-6-5-7-16(12-14)21(23)24/h3-12,15H,2,13H2,1H3/b10-9+. The van der Waals surface area contributed by atoms with E-state index in [2.05, 4.69) is 4.98 Å². The summed E-state index contributed by atoms with van der Waals surface area (Å²) < 4.78 is 5.25. The maximum Gasteiger partial charge on any atom is 0.318 e. The van der Waals surface area contributed by atoms with Crippen molar-refractivity contribution in [2.45, 2.75) is 18.8 Å². The van der Waals surface area contributed by atoms with Gasteiger partial charge in [0.25, 0.3) is 5.69 Å². The Morgan fingerprint density at radius 2 is 2.24 bits per heavy atom. The molecule has 6 heteroatoms. The Balaban J connectivity index is 1.84. The van der Waals surface area contributed by atoms with Crippen LogP contribution in [0.1, 0.15) is 24.6 Å². The van der Waals surface area contributed by atoms with Crippen LogP contribution in [0.5, 0.6) is 0 Å². The van der Waals surface area contributed by atoms with Crippen molar-refractivity contribution >= 4 is 17.7 Å². The van der Waals surface area contributed by atoms with Crippen molar-refractivity contribution in [3.8, 4) is 0 Å². The van der Waals surface area contributed by atoms with Gasteiger partial charge in [-0.15, -0.1) is 0 Å². The number of carbonyl (C=O) groups is 1. The number of hydrogen-bond acceptors (Lipinski definition) is 5. The smallest absolute Gasteiger partial charge is 0.318 e. The zero-order valence-electron chi connectivity index (χ0n) is 13.8. The quantitative estimate of drug-likeness (QED) is 0.457. The molecule has 2 unspecified atom stereocenters. The van der Waals surface area contributed by atoms with Crippen LogP contribution in [0.2, 0.25) is 0 Å². The second-order valence-electron chi connectivity index (χ2n) is 5.93. The minimum Gasteiger partial charge on any atom is -0.465 e. The molecule has 0 saturated heterocycles. The molecule has 1 aromatic carbocycles. The minimum absolute atomic E-state index is 0.0410. The number of carbonyl (C=O) groups excluding carboxylic acids is 1. The van der Waals surface area contributed by atoms with Crippen LogP contribution < -0.4 is 0 Å². The van der Waals surface area contributed by atoms with Gasteiger partial charge >= 0.3 is 5.97 Å². The summed E-state index contributed by atoms with van der Waals surface area (Å²) in [4.78, 5) is 27.3. The van der Waals surface area contributed by atoms with Crippen molar-refractivity contribution in [3.63, 3.8) is 0 Å². The number of esters is 1. The number of non-ortho nitro benzene ring substituents is 1. The van der Waals surface area contributed by atoms with E-state index in [1.54, 1.807) is 31.3 Å². The molecule has 0 amide bonds. The fourth-order valence-electron chi connectivity index (χ4n) is 3.01. The Hall–Kier alpha value is -3.02. The molecule has 1 aliphatic rings. The van der Waals surface area contributed by atoms with E-state index < -0.39 is 10.3 Å². The van der Waals surface area contributed by atoms with E-state index in [0.717, 1.165) is 5.56 Å². The molecule has 0 aliphatic heterocycles. The number of nitro groups is 1. The normalized spacial score (nSPS) is 21.9. The van der Waals surface area contributed by atoms with Crippen molar-refractivity contribution in [3.05, 3.63) is 76.1 Å². The van der Waals surface area contributed by atoms with Crippen molar-refractivity contribution in [1.29, 1.82) is 0 Å². The summed E-state index contributed by atoms with van der Waals surface area (Å²) in [7, 11) is 0.